The number of likely N-dealkylation sites (tertiary alicyclic amines) is 1. The number of aryl methyl sites for hydroxylation is 1. The molecular weight excluding hydrogens is 248 g/mol. The summed E-state index contributed by atoms with van der Waals surface area (Å²) in [4.78, 5) is 17.7. The van der Waals surface area contributed by atoms with Crippen LogP contribution in [0.25, 0.3) is 10.9 Å². The van der Waals surface area contributed by atoms with Crippen molar-refractivity contribution in [2.24, 2.45) is 0 Å². The monoisotopic (exact) mass is 262 g/mol. The quantitative estimate of drug-likeness (QED) is 0.840. The normalized spacial score (nSPS) is 15.6. The Labute approximate surface area is 111 Å². The Kier molecular flexibility index (Phi) is 2.78. The maximum absolute atomic E-state index is 12.5. The highest BCUT2D eigenvalue weighted by molar-refractivity contribution is 6.31. The summed E-state index contributed by atoms with van der Waals surface area (Å²) in [7, 11) is 0. The van der Waals surface area contributed by atoms with Gasteiger partial charge in [-0.05, 0) is 31.9 Å². The van der Waals surface area contributed by atoms with E-state index in [1.54, 1.807) is 0 Å². The van der Waals surface area contributed by atoms with Crippen molar-refractivity contribution in [3.8, 4) is 0 Å². The third-order valence-electron chi connectivity index (χ3n) is 3.56. The van der Waals surface area contributed by atoms with Crippen molar-refractivity contribution in [3.63, 3.8) is 0 Å². The average molecular weight is 263 g/mol. The van der Waals surface area contributed by atoms with E-state index in [4.69, 9.17) is 11.6 Å². The molecule has 1 saturated heterocycles. The molecular formula is C14H15ClN2O. The van der Waals surface area contributed by atoms with Gasteiger partial charge in [-0.2, -0.15) is 0 Å². The molecule has 0 aliphatic carbocycles. The predicted molar refractivity (Wildman–Crippen MR) is 73.2 cm³/mol. The molecule has 0 atom stereocenters. The summed E-state index contributed by atoms with van der Waals surface area (Å²) in [6, 6.07) is 5.62. The largest absolute Gasteiger partial charge is 0.358 e. The number of benzene rings is 1. The standard InChI is InChI=1S/C14H15ClN2O/c1-9-13(14(18)17-6-2-3-7-17)11-5-4-10(15)8-12(11)16-9/h4-5,8,16H,2-3,6-7H2,1H3. The van der Waals surface area contributed by atoms with E-state index in [2.05, 4.69) is 4.98 Å². The van der Waals surface area contributed by atoms with Crippen LogP contribution in [0, 0.1) is 6.92 Å². The summed E-state index contributed by atoms with van der Waals surface area (Å²) in [6.07, 6.45) is 2.22. The van der Waals surface area contributed by atoms with E-state index in [0.29, 0.717) is 5.02 Å². The molecule has 18 heavy (non-hydrogen) atoms. The number of H-pyrrole nitrogens is 1. The van der Waals surface area contributed by atoms with Crippen molar-refractivity contribution in [1.29, 1.82) is 0 Å². The summed E-state index contributed by atoms with van der Waals surface area (Å²) in [5.41, 5.74) is 2.65. The Morgan fingerprint density at radius 2 is 2.06 bits per heavy atom. The van der Waals surface area contributed by atoms with Crippen LogP contribution in [0.5, 0.6) is 0 Å². The first-order valence-corrected chi connectivity index (χ1v) is 6.62. The molecule has 0 unspecified atom stereocenters. The maximum Gasteiger partial charge on any atom is 0.256 e. The lowest BCUT2D eigenvalue weighted by molar-refractivity contribution is 0.0794. The van der Waals surface area contributed by atoms with Gasteiger partial charge in [0.05, 0.1) is 5.56 Å². The van der Waals surface area contributed by atoms with Crippen molar-refractivity contribution >= 4 is 28.4 Å². The van der Waals surface area contributed by atoms with Gasteiger partial charge in [-0.1, -0.05) is 17.7 Å². The van der Waals surface area contributed by atoms with Crippen LogP contribution in [0.1, 0.15) is 28.9 Å². The Balaban J connectivity index is 2.10. The number of aromatic nitrogens is 1. The van der Waals surface area contributed by atoms with Crippen molar-refractivity contribution in [2.45, 2.75) is 19.8 Å². The van der Waals surface area contributed by atoms with Crippen LogP contribution in [0.3, 0.4) is 0 Å². The first kappa shape index (κ1) is 11.6. The van der Waals surface area contributed by atoms with E-state index in [-0.39, 0.29) is 5.91 Å². The number of nitrogens with zero attached hydrogens (tertiary/aromatic N) is 1. The van der Waals surface area contributed by atoms with Crippen LogP contribution >= 0.6 is 11.6 Å². The molecule has 1 aromatic heterocycles. The first-order valence-electron chi connectivity index (χ1n) is 6.24. The van der Waals surface area contributed by atoms with Crippen molar-refractivity contribution < 1.29 is 4.79 Å². The van der Waals surface area contributed by atoms with Crippen LogP contribution < -0.4 is 0 Å². The van der Waals surface area contributed by atoms with Crippen molar-refractivity contribution in [2.75, 3.05) is 13.1 Å². The number of halogens is 1. The van der Waals surface area contributed by atoms with E-state index < -0.39 is 0 Å². The molecule has 0 spiro atoms. The van der Waals surface area contributed by atoms with Gasteiger partial charge in [0.1, 0.15) is 0 Å². The molecule has 0 bridgehead atoms. The lowest BCUT2D eigenvalue weighted by Gasteiger charge is -2.15. The number of hydrogen-bond donors (Lipinski definition) is 1. The predicted octanol–water partition coefficient (Wildman–Crippen LogP) is 3.37. The SMILES string of the molecule is Cc1[nH]c2cc(Cl)ccc2c1C(=O)N1CCCC1. The molecule has 94 valence electrons. The van der Waals surface area contributed by atoms with Gasteiger partial charge in [-0.15, -0.1) is 0 Å². The summed E-state index contributed by atoms with van der Waals surface area (Å²) in [5, 5.41) is 1.65. The summed E-state index contributed by atoms with van der Waals surface area (Å²) in [5.74, 6) is 0.138. The molecule has 0 radical (unpaired) electrons. The van der Waals surface area contributed by atoms with Gasteiger partial charge in [0.2, 0.25) is 0 Å². The van der Waals surface area contributed by atoms with Crippen LogP contribution in [-0.4, -0.2) is 28.9 Å². The highest BCUT2D eigenvalue weighted by Gasteiger charge is 2.24. The molecule has 1 aromatic carbocycles. The zero-order chi connectivity index (χ0) is 12.7. The van der Waals surface area contributed by atoms with Crippen molar-refractivity contribution in [1.82, 2.24) is 9.88 Å². The molecule has 1 amide bonds. The minimum Gasteiger partial charge on any atom is -0.358 e. The molecule has 3 nitrogen and oxygen atoms in total. The fourth-order valence-corrected chi connectivity index (χ4v) is 2.83. The summed E-state index contributed by atoms with van der Waals surface area (Å²) in [6.45, 7) is 3.69. The second-order valence-electron chi connectivity index (χ2n) is 4.81. The lowest BCUT2D eigenvalue weighted by atomic mass is 10.1. The van der Waals surface area contributed by atoms with Crippen LogP contribution in [-0.2, 0) is 0 Å². The molecule has 1 fully saturated rings. The van der Waals surface area contributed by atoms with Crippen LogP contribution in [0.15, 0.2) is 18.2 Å². The Morgan fingerprint density at radius 1 is 1.33 bits per heavy atom. The van der Waals surface area contributed by atoms with Crippen LogP contribution in [0.2, 0.25) is 5.02 Å². The maximum atomic E-state index is 12.5. The number of fused-ring (bicyclic) bond motifs is 1. The number of aromatic amines is 1. The molecule has 2 aromatic rings. The Bertz CT molecular complexity index is 612. The number of carbonyl (C=O) groups excluding carboxylic acids is 1. The van der Waals surface area contributed by atoms with Gasteiger partial charge in [-0.3, -0.25) is 4.79 Å². The summed E-state index contributed by atoms with van der Waals surface area (Å²) < 4.78 is 0. The lowest BCUT2D eigenvalue weighted by Crippen LogP contribution is -2.27. The highest BCUT2D eigenvalue weighted by atomic mass is 35.5. The molecule has 2 heterocycles. The number of carbonyl (C=O) groups is 1. The fourth-order valence-electron chi connectivity index (χ4n) is 2.66. The molecule has 1 aliphatic rings. The number of rotatable bonds is 1. The van der Waals surface area contributed by atoms with Crippen molar-refractivity contribution in [3.05, 3.63) is 34.5 Å². The zero-order valence-electron chi connectivity index (χ0n) is 10.3. The third kappa shape index (κ3) is 1.79. The zero-order valence-corrected chi connectivity index (χ0v) is 11.0. The average Bonchev–Trinajstić information content (AvgIpc) is 2.94. The van der Waals surface area contributed by atoms with E-state index in [9.17, 15) is 4.79 Å². The number of hydrogen-bond acceptors (Lipinski definition) is 1. The van der Waals surface area contributed by atoms with E-state index in [1.165, 1.54) is 0 Å². The second-order valence-corrected chi connectivity index (χ2v) is 5.25. The van der Waals surface area contributed by atoms with E-state index in [1.807, 2.05) is 30.0 Å². The van der Waals surface area contributed by atoms with Gasteiger partial charge in [0, 0.05) is 34.7 Å². The van der Waals surface area contributed by atoms with Gasteiger partial charge in [0.15, 0.2) is 0 Å². The smallest absolute Gasteiger partial charge is 0.256 e. The minimum atomic E-state index is 0.138. The van der Waals surface area contributed by atoms with Gasteiger partial charge < -0.3 is 9.88 Å². The highest BCUT2D eigenvalue weighted by Crippen LogP contribution is 2.27. The Hall–Kier alpha value is -1.48. The van der Waals surface area contributed by atoms with Gasteiger partial charge in [-0.25, -0.2) is 0 Å². The van der Waals surface area contributed by atoms with E-state index in [0.717, 1.165) is 48.1 Å². The number of nitrogens with one attached hydrogen (secondary N) is 1. The molecule has 0 saturated carbocycles. The van der Waals surface area contributed by atoms with Crippen LogP contribution in [0.4, 0.5) is 0 Å². The van der Waals surface area contributed by atoms with E-state index >= 15 is 0 Å². The Morgan fingerprint density at radius 3 is 2.78 bits per heavy atom. The fraction of sp³-hybridized carbons (Fsp3) is 0.357. The topological polar surface area (TPSA) is 36.1 Å². The number of amides is 1. The summed E-state index contributed by atoms with van der Waals surface area (Å²) >= 11 is 5.97. The molecule has 3 rings (SSSR count). The van der Waals surface area contributed by atoms with Gasteiger partial charge in [0.25, 0.3) is 5.91 Å². The minimum absolute atomic E-state index is 0.138. The first-order chi connectivity index (χ1) is 8.66. The molecule has 4 heteroatoms. The molecule has 1 N–H and O–H groups in total. The molecule has 1 aliphatic heterocycles. The third-order valence-corrected chi connectivity index (χ3v) is 3.79. The second kappa shape index (κ2) is 4.32. The van der Waals surface area contributed by atoms with Gasteiger partial charge >= 0.3 is 0 Å².